The van der Waals surface area contributed by atoms with Gasteiger partial charge in [0.25, 0.3) is 5.91 Å². The normalized spacial score (nSPS) is 13.0. The van der Waals surface area contributed by atoms with Crippen molar-refractivity contribution in [1.82, 2.24) is 15.6 Å². The summed E-state index contributed by atoms with van der Waals surface area (Å²) in [6, 6.07) is 21.9. The van der Waals surface area contributed by atoms with Crippen LogP contribution in [-0.4, -0.2) is 50.2 Å². The Morgan fingerprint density at radius 3 is 2.36 bits per heavy atom. The van der Waals surface area contributed by atoms with Crippen molar-refractivity contribution in [1.29, 1.82) is 0 Å². The zero-order valence-electron chi connectivity index (χ0n) is 24.1. The van der Waals surface area contributed by atoms with E-state index >= 15 is 0 Å². The molecule has 0 aliphatic heterocycles. The zero-order chi connectivity index (χ0) is 30.1. The molecule has 1 aromatic heterocycles. The molecule has 0 saturated heterocycles. The maximum atomic E-state index is 13.6. The Bertz CT molecular complexity index is 1580. The minimum Gasteiger partial charge on any atom is -0.497 e. The fourth-order valence-corrected chi connectivity index (χ4v) is 6.13. The van der Waals surface area contributed by atoms with Crippen LogP contribution in [0.5, 0.6) is 5.75 Å². The van der Waals surface area contributed by atoms with E-state index in [0.717, 1.165) is 16.5 Å². The quantitative estimate of drug-likeness (QED) is 0.166. The van der Waals surface area contributed by atoms with Crippen molar-refractivity contribution in [2.45, 2.75) is 45.2 Å². The van der Waals surface area contributed by atoms with E-state index in [1.807, 2.05) is 56.3 Å². The average Bonchev–Trinajstić information content (AvgIpc) is 3.44. The molecule has 0 bridgehead atoms. The number of anilines is 1. The summed E-state index contributed by atoms with van der Waals surface area (Å²) in [5, 5.41) is 6.70. The molecule has 0 fully saturated rings. The van der Waals surface area contributed by atoms with Crippen LogP contribution in [0.2, 0.25) is 0 Å². The van der Waals surface area contributed by atoms with E-state index in [4.69, 9.17) is 4.74 Å². The van der Waals surface area contributed by atoms with Gasteiger partial charge in [-0.25, -0.2) is 8.42 Å². The Balaban J connectivity index is 1.49. The van der Waals surface area contributed by atoms with Gasteiger partial charge in [0, 0.05) is 34.4 Å². The summed E-state index contributed by atoms with van der Waals surface area (Å²) in [5.74, 6) is -0.399. The van der Waals surface area contributed by atoms with Crippen LogP contribution >= 0.6 is 0 Å². The summed E-state index contributed by atoms with van der Waals surface area (Å²) in [7, 11) is -2.29. The lowest BCUT2D eigenvalue weighted by Gasteiger charge is -2.25. The van der Waals surface area contributed by atoms with Crippen LogP contribution < -0.4 is 20.1 Å². The second-order valence-electron chi connectivity index (χ2n) is 10.8. The van der Waals surface area contributed by atoms with Gasteiger partial charge in [-0.1, -0.05) is 44.2 Å². The van der Waals surface area contributed by atoms with E-state index in [2.05, 4.69) is 20.3 Å². The van der Waals surface area contributed by atoms with Gasteiger partial charge in [0.15, 0.2) is 0 Å². The van der Waals surface area contributed by atoms with Crippen molar-refractivity contribution in [2.75, 3.05) is 17.6 Å². The molecule has 0 saturated carbocycles. The van der Waals surface area contributed by atoms with Gasteiger partial charge in [-0.2, -0.15) is 0 Å². The number of aryl methyl sites for hydroxylation is 1. The van der Waals surface area contributed by atoms with Crippen LogP contribution in [-0.2, 0) is 21.2 Å². The lowest BCUT2D eigenvalue weighted by molar-refractivity contribution is -0.124. The first kappa shape index (κ1) is 30.6. The van der Waals surface area contributed by atoms with E-state index in [0.29, 0.717) is 36.3 Å². The topological polar surface area (TPSA) is 129 Å². The highest BCUT2D eigenvalue weighted by molar-refractivity contribution is 7.92. The number of fused-ring (bicyclic) bond motifs is 1. The second kappa shape index (κ2) is 14.0. The fourth-order valence-electron chi connectivity index (χ4n) is 4.77. The molecule has 2 unspecified atom stereocenters. The SMILES string of the molecule is COc1ccc(NS(=O)(=O)CC(CCc2ccccc2)NC(=O)C(CC(C)C)NC(=O)c2ccc3[nH]ccc3c2)cc1. The van der Waals surface area contributed by atoms with Crippen molar-refractivity contribution >= 4 is 38.4 Å². The first-order valence-corrected chi connectivity index (χ1v) is 15.6. The molecule has 222 valence electrons. The smallest absolute Gasteiger partial charge is 0.251 e. The van der Waals surface area contributed by atoms with E-state index in [-0.39, 0.29) is 17.6 Å². The van der Waals surface area contributed by atoms with Crippen LogP contribution in [0.1, 0.15) is 42.6 Å². The standard InChI is InChI=1S/C32H38N4O5S/c1-22(2)19-30(35-31(37)25-10-16-29-24(20-25)17-18-33-29)32(38)34-27(11-9-23-7-5-4-6-8-23)21-42(39,40)36-26-12-14-28(41-3)15-13-26/h4-8,10,12-18,20,22,27,30,33,36H,9,11,19,21H2,1-3H3,(H,34,38)(H,35,37). The molecule has 4 aromatic rings. The lowest BCUT2D eigenvalue weighted by atomic mass is 10.0. The first-order chi connectivity index (χ1) is 20.1. The minimum absolute atomic E-state index is 0.108. The average molecular weight is 591 g/mol. The largest absolute Gasteiger partial charge is 0.497 e. The number of hydrogen-bond acceptors (Lipinski definition) is 5. The Morgan fingerprint density at radius 1 is 0.929 bits per heavy atom. The number of hydrogen-bond donors (Lipinski definition) is 4. The van der Waals surface area contributed by atoms with Gasteiger partial charge in [0.1, 0.15) is 11.8 Å². The van der Waals surface area contributed by atoms with Crippen LogP contribution in [0.25, 0.3) is 10.9 Å². The lowest BCUT2D eigenvalue weighted by Crippen LogP contribution is -2.52. The Morgan fingerprint density at radius 2 is 1.67 bits per heavy atom. The van der Waals surface area contributed by atoms with E-state index in [1.54, 1.807) is 42.6 Å². The number of carbonyl (C=O) groups excluding carboxylic acids is 2. The number of amides is 2. The Labute approximate surface area is 247 Å². The molecule has 0 aliphatic carbocycles. The van der Waals surface area contributed by atoms with Crippen LogP contribution in [0.15, 0.2) is 85.1 Å². The van der Waals surface area contributed by atoms with Crippen LogP contribution in [0, 0.1) is 5.92 Å². The summed E-state index contributed by atoms with van der Waals surface area (Å²) in [6.45, 7) is 3.93. The molecule has 0 radical (unpaired) electrons. The van der Waals surface area contributed by atoms with E-state index < -0.39 is 28.0 Å². The third kappa shape index (κ3) is 8.84. The number of H-pyrrole nitrogens is 1. The predicted molar refractivity (Wildman–Crippen MR) is 166 cm³/mol. The van der Waals surface area contributed by atoms with Crippen molar-refractivity contribution in [3.63, 3.8) is 0 Å². The van der Waals surface area contributed by atoms with Crippen molar-refractivity contribution < 1.29 is 22.7 Å². The van der Waals surface area contributed by atoms with E-state index in [1.165, 1.54) is 7.11 Å². The third-order valence-electron chi connectivity index (χ3n) is 6.90. The molecular weight excluding hydrogens is 552 g/mol. The number of rotatable bonds is 14. The Kier molecular flexibility index (Phi) is 10.2. The number of aromatic amines is 1. The number of aromatic nitrogens is 1. The molecule has 9 nitrogen and oxygen atoms in total. The Hall–Kier alpha value is -4.31. The summed E-state index contributed by atoms with van der Waals surface area (Å²) in [4.78, 5) is 29.9. The predicted octanol–water partition coefficient (Wildman–Crippen LogP) is 4.88. The third-order valence-corrected chi connectivity index (χ3v) is 8.29. The number of methoxy groups -OCH3 is 1. The molecule has 2 atom stereocenters. The second-order valence-corrected chi connectivity index (χ2v) is 12.5. The molecule has 2 amide bonds. The highest BCUT2D eigenvalue weighted by Crippen LogP contribution is 2.18. The molecule has 42 heavy (non-hydrogen) atoms. The summed E-state index contributed by atoms with van der Waals surface area (Å²) >= 11 is 0. The van der Waals surface area contributed by atoms with Gasteiger partial charge in [0.05, 0.1) is 12.9 Å². The van der Waals surface area contributed by atoms with Gasteiger partial charge >= 0.3 is 0 Å². The van der Waals surface area contributed by atoms with Gasteiger partial charge in [-0.3, -0.25) is 14.3 Å². The van der Waals surface area contributed by atoms with Crippen molar-refractivity contribution in [3.8, 4) is 5.75 Å². The molecule has 10 heteroatoms. The van der Waals surface area contributed by atoms with Gasteiger partial charge < -0.3 is 20.4 Å². The highest BCUT2D eigenvalue weighted by atomic mass is 32.2. The van der Waals surface area contributed by atoms with Crippen LogP contribution in [0.4, 0.5) is 5.69 Å². The summed E-state index contributed by atoms with van der Waals surface area (Å²) in [5.41, 5.74) is 2.78. The molecule has 4 rings (SSSR count). The fraction of sp³-hybridized carbons (Fsp3) is 0.312. The highest BCUT2D eigenvalue weighted by Gasteiger charge is 2.27. The summed E-state index contributed by atoms with van der Waals surface area (Å²) < 4.78 is 34.1. The van der Waals surface area contributed by atoms with Crippen molar-refractivity contribution in [2.24, 2.45) is 5.92 Å². The number of ether oxygens (including phenoxy) is 1. The molecule has 0 spiro atoms. The van der Waals surface area contributed by atoms with Crippen LogP contribution in [0.3, 0.4) is 0 Å². The summed E-state index contributed by atoms with van der Waals surface area (Å²) in [6.07, 6.45) is 3.16. The molecule has 0 aliphatic rings. The molecule has 3 aromatic carbocycles. The number of sulfonamides is 1. The molecule has 1 heterocycles. The first-order valence-electron chi connectivity index (χ1n) is 14.0. The van der Waals surface area contributed by atoms with Gasteiger partial charge in [-0.15, -0.1) is 0 Å². The maximum Gasteiger partial charge on any atom is 0.251 e. The zero-order valence-corrected chi connectivity index (χ0v) is 24.9. The van der Waals surface area contributed by atoms with Crippen molar-refractivity contribution in [3.05, 3.63) is 96.2 Å². The van der Waals surface area contributed by atoms with Gasteiger partial charge in [0.2, 0.25) is 15.9 Å². The number of carbonyl (C=O) groups is 2. The number of benzene rings is 3. The molecule has 4 N–H and O–H groups in total. The van der Waals surface area contributed by atoms with Gasteiger partial charge in [-0.05, 0) is 79.3 Å². The van der Waals surface area contributed by atoms with E-state index in [9.17, 15) is 18.0 Å². The minimum atomic E-state index is -3.83. The molecular formula is C32H38N4O5S. The monoisotopic (exact) mass is 590 g/mol. The maximum absolute atomic E-state index is 13.6. The number of nitrogens with one attached hydrogen (secondary N) is 4.